The topological polar surface area (TPSA) is 69.7 Å². The lowest BCUT2D eigenvalue weighted by Gasteiger charge is -2.22. The first kappa shape index (κ1) is 17.3. The number of carbonyl (C=O) groups excluding carboxylic acids is 1. The van der Waals surface area contributed by atoms with Gasteiger partial charge in [-0.3, -0.25) is 0 Å². The van der Waals surface area contributed by atoms with Crippen LogP contribution in [0.4, 0.5) is 4.79 Å². The molecule has 0 radical (unpaired) electrons. The van der Waals surface area contributed by atoms with Gasteiger partial charge in [0.1, 0.15) is 0 Å². The van der Waals surface area contributed by atoms with Crippen LogP contribution in [-0.4, -0.2) is 56.4 Å². The third kappa shape index (κ3) is 4.24. The fourth-order valence-corrected chi connectivity index (χ4v) is 3.90. The molecule has 1 saturated heterocycles. The second-order valence-corrected chi connectivity index (χ2v) is 7.36. The summed E-state index contributed by atoms with van der Waals surface area (Å²) in [6.45, 7) is 3.61. The number of nitrogens with one attached hydrogen (secondary N) is 1. The van der Waals surface area contributed by atoms with Crippen molar-refractivity contribution < 1.29 is 13.2 Å². The standard InChI is InChI=1S/C16H21N3O3S/c1-3-9-17-16(20)18-10-4-11-19(13-12-18)23(21,22)15-7-5-14(2)6-8-15/h1,5-8H,4,9-13H2,2H3,(H,17,20). The molecular formula is C16H21N3O3S. The van der Waals surface area contributed by atoms with Gasteiger partial charge in [-0.2, -0.15) is 4.31 Å². The molecule has 0 atom stereocenters. The Morgan fingerprint density at radius 1 is 1.22 bits per heavy atom. The first-order valence-corrected chi connectivity index (χ1v) is 8.92. The van der Waals surface area contributed by atoms with E-state index in [9.17, 15) is 13.2 Å². The van der Waals surface area contributed by atoms with Gasteiger partial charge in [0, 0.05) is 26.2 Å². The lowest BCUT2D eigenvalue weighted by atomic mass is 10.2. The molecule has 0 aromatic heterocycles. The van der Waals surface area contributed by atoms with Gasteiger partial charge in [-0.25, -0.2) is 13.2 Å². The van der Waals surface area contributed by atoms with Crippen molar-refractivity contribution in [1.82, 2.24) is 14.5 Å². The van der Waals surface area contributed by atoms with E-state index in [1.807, 2.05) is 6.92 Å². The molecular weight excluding hydrogens is 314 g/mol. The minimum atomic E-state index is -3.53. The summed E-state index contributed by atoms with van der Waals surface area (Å²) in [5, 5.41) is 2.60. The Hall–Kier alpha value is -2.04. The van der Waals surface area contributed by atoms with E-state index < -0.39 is 10.0 Å². The molecule has 0 saturated carbocycles. The molecule has 1 N–H and O–H groups in total. The Bertz CT molecular complexity index is 692. The average molecular weight is 335 g/mol. The van der Waals surface area contributed by atoms with Crippen LogP contribution in [0.5, 0.6) is 0 Å². The van der Waals surface area contributed by atoms with Gasteiger partial charge in [0.15, 0.2) is 0 Å². The van der Waals surface area contributed by atoms with E-state index in [0.717, 1.165) is 5.56 Å². The van der Waals surface area contributed by atoms with Gasteiger partial charge < -0.3 is 10.2 Å². The van der Waals surface area contributed by atoms with Crippen molar-refractivity contribution in [3.05, 3.63) is 29.8 Å². The molecule has 1 aliphatic heterocycles. The molecule has 1 aliphatic rings. The van der Waals surface area contributed by atoms with Crippen LogP contribution in [0.1, 0.15) is 12.0 Å². The zero-order chi connectivity index (χ0) is 16.9. The first-order chi connectivity index (χ1) is 10.9. The number of benzene rings is 1. The average Bonchev–Trinajstić information content (AvgIpc) is 2.79. The molecule has 2 rings (SSSR count). The summed E-state index contributed by atoms with van der Waals surface area (Å²) in [6.07, 6.45) is 5.71. The van der Waals surface area contributed by atoms with Gasteiger partial charge in [0.05, 0.1) is 11.4 Å². The molecule has 0 bridgehead atoms. The second-order valence-electron chi connectivity index (χ2n) is 5.42. The van der Waals surface area contributed by atoms with Crippen molar-refractivity contribution in [1.29, 1.82) is 0 Å². The van der Waals surface area contributed by atoms with Crippen LogP contribution >= 0.6 is 0 Å². The monoisotopic (exact) mass is 335 g/mol. The number of sulfonamides is 1. The van der Waals surface area contributed by atoms with Crippen molar-refractivity contribution in [3.8, 4) is 12.3 Å². The van der Waals surface area contributed by atoms with Crippen molar-refractivity contribution in [2.75, 3.05) is 32.7 Å². The van der Waals surface area contributed by atoms with Gasteiger partial charge >= 0.3 is 6.03 Å². The zero-order valence-corrected chi connectivity index (χ0v) is 14.0. The van der Waals surface area contributed by atoms with Gasteiger partial charge in [-0.1, -0.05) is 23.6 Å². The summed E-state index contributed by atoms with van der Waals surface area (Å²) in [4.78, 5) is 13.8. The van der Waals surface area contributed by atoms with Crippen LogP contribution in [-0.2, 0) is 10.0 Å². The quantitative estimate of drug-likeness (QED) is 0.839. The number of hydrogen-bond donors (Lipinski definition) is 1. The fraction of sp³-hybridized carbons (Fsp3) is 0.438. The number of terminal acetylenes is 1. The molecule has 0 unspecified atom stereocenters. The largest absolute Gasteiger partial charge is 0.327 e. The minimum Gasteiger partial charge on any atom is -0.327 e. The van der Waals surface area contributed by atoms with Gasteiger partial charge in [-0.15, -0.1) is 6.42 Å². The molecule has 0 aliphatic carbocycles. The third-order valence-electron chi connectivity index (χ3n) is 3.74. The highest BCUT2D eigenvalue weighted by Gasteiger charge is 2.28. The minimum absolute atomic E-state index is 0.167. The zero-order valence-electron chi connectivity index (χ0n) is 13.2. The molecule has 23 heavy (non-hydrogen) atoms. The fourth-order valence-electron chi connectivity index (χ4n) is 2.43. The maximum absolute atomic E-state index is 12.7. The number of nitrogens with zero attached hydrogens (tertiary/aromatic N) is 2. The number of urea groups is 1. The van der Waals surface area contributed by atoms with E-state index in [2.05, 4.69) is 11.2 Å². The van der Waals surface area contributed by atoms with E-state index in [1.165, 1.54) is 4.31 Å². The maximum Gasteiger partial charge on any atom is 0.318 e. The Balaban J connectivity index is 2.06. The van der Waals surface area contributed by atoms with Crippen LogP contribution in [0, 0.1) is 19.3 Å². The summed E-state index contributed by atoms with van der Waals surface area (Å²) in [5.74, 6) is 2.35. The summed E-state index contributed by atoms with van der Waals surface area (Å²) in [6, 6.07) is 6.55. The second kappa shape index (κ2) is 7.49. The molecule has 1 fully saturated rings. The molecule has 2 amide bonds. The Labute approximate surface area is 137 Å². The Morgan fingerprint density at radius 3 is 2.57 bits per heavy atom. The lowest BCUT2D eigenvalue weighted by Crippen LogP contribution is -2.42. The number of aryl methyl sites for hydroxylation is 1. The molecule has 6 nitrogen and oxygen atoms in total. The SMILES string of the molecule is C#CCNC(=O)N1CCCN(S(=O)(=O)c2ccc(C)cc2)CC1. The van der Waals surface area contributed by atoms with E-state index in [0.29, 0.717) is 26.1 Å². The van der Waals surface area contributed by atoms with Gasteiger partial charge in [0.2, 0.25) is 10.0 Å². The summed E-state index contributed by atoms with van der Waals surface area (Å²) >= 11 is 0. The predicted molar refractivity (Wildman–Crippen MR) is 88.4 cm³/mol. The molecule has 0 spiro atoms. The Kier molecular flexibility index (Phi) is 5.64. The molecule has 7 heteroatoms. The highest BCUT2D eigenvalue weighted by atomic mass is 32.2. The molecule has 1 heterocycles. The van der Waals surface area contributed by atoms with Crippen molar-refractivity contribution in [2.24, 2.45) is 0 Å². The normalized spacial score (nSPS) is 16.4. The van der Waals surface area contributed by atoms with Gasteiger partial charge in [-0.05, 0) is 25.5 Å². The number of carbonyl (C=O) groups is 1. The van der Waals surface area contributed by atoms with Crippen LogP contribution in [0.2, 0.25) is 0 Å². The van der Waals surface area contributed by atoms with Crippen LogP contribution < -0.4 is 5.32 Å². The number of rotatable bonds is 3. The van der Waals surface area contributed by atoms with Crippen molar-refractivity contribution in [3.63, 3.8) is 0 Å². The Morgan fingerprint density at radius 2 is 1.91 bits per heavy atom. The van der Waals surface area contributed by atoms with E-state index >= 15 is 0 Å². The van der Waals surface area contributed by atoms with Crippen LogP contribution in [0.3, 0.4) is 0 Å². The predicted octanol–water partition coefficient (Wildman–Crippen LogP) is 1.03. The van der Waals surface area contributed by atoms with Crippen LogP contribution in [0.15, 0.2) is 29.2 Å². The maximum atomic E-state index is 12.7. The van der Waals surface area contributed by atoms with Gasteiger partial charge in [0.25, 0.3) is 0 Å². The highest BCUT2D eigenvalue weighted by Crippen LogP contribution is 2.18. The molecule has 1 aromatic rings. The smallest absolute Gasteiger partial charge is 0.318 e. The molecule has 1 aromatic carbocycles. The first-order valence-electron chi connectivity index (χ1n) is 7.48. The summed E-state index contributed by atoms with van der Waals surface area (Å²) in [5.41, 5.74) is 1.01. The van der Waals surface area contributed by atoms with E-state index in [1.54, 1.807) is 29.2 Å². The molecule has 124 valence electrons. The van der Waals surface area contributed by atoms with E-state index in [-0.39, 0.29) is 24.0 Å². The summed E-state index contributed by atoms with van der Waals surface area (Å²) < 4.78 is 26.8. The number of amides is 2. The number of hydrogen-bond acceptors (Lipinski definition) is 3. The van der Waals surface area contributed by atoms with Crippen molar-refractivity contribution >= 4 is 16.1 Å². The van der Waals surface area contributed by atoms with E-state index in [4.69, 9.17) is 6.42 Å². The third-order valence-corrected chi connectivity index (χ3v) is 5.66. The summed E-state index contributed by atoms with van der Waals surface area (Å²) in [7, 11) is -3.53. The lowest BCUT2D eigenvalue weighted by molar-refractivity contribution is 0.201. The highest BCUT2D eigenvalue weighted by molar-refractivity contribution is 7.89. The van der Waals surface area contributed by atoms with Crippen LogP contribution in [0.25, 0.3) is 0 Å². The van der Waals surface area contributed by atoms with Crippen molar-refractivity contribution in [2.45, 2.75) is 18.2 Å².